The Hall–Kier alpha value is -1.62. The van der Waals surface area contributed by atoms with E-state index in [0.29, 0.717) is 17.0 Å². The van der Waals surface area contributed by atoms with Crippen molar-refractivity contribution in [2.75, 3.05) is 5.32 Å². The smallest absolute Gasteiger partial charge is 0.306 e. The highest BCUT2D eigenvalue weighted by Crippen LogP contribution is 2.76. The quantitative estimate of drug-likeness (QED) is 0.282. The summed E-state index contributed by atoms with van der Waals surface area (Å²) in [6.45, 7) is 17.9. The Morgan fingerprint density at radius 2 is 1.72 bits per heavy atom. The summed E-state index contributed by atoms with van der Waals surface area (Å²) < 4.78 is 12.9. The van der Waals surface area contributed by atoms with Crippen LogP contribution in [0.25, 0.3) is 0 Å². The van der Waals surface area contributed by atoms with Crippen molar-refractivity contribution < 1.29 is 29.3 Å². The van der Waals surface area contributed by atoms with E-state index in [2.05, 4.69) is 57.1 Å². The van der Waals surface area contributed by atoms with Crippen LogP contribution in [0.5, 0.6) is 0 Å². The average Bonchev–Trinajstić information content (AvgIpc) is 3.71. The van der Waals surface area contributed by atoms with Crippen molar-refractivity contribution in [3.05, 3.63) is 5.51 Å². The van der Waals surface area contributed by atoms with Crippen LogP contribution in [-0.4, -0.2) is 61.8 Å². The summed E-state index contributed by atoms with van der Waals surface area (Å²) in [4.78, 5) is 25.3. The number of aromatic nitrogens is 2. The number of aliphatic hydroxyl groups excluding tert-OH is 1. The molecule has 258 valence electrons. The lowest BCUT2D eigenvalue weighted by atomic mass is 9.35. The minimum absolute atomic E-state index is 0.00407. The Balaban J connectivity index is 1.16. The second kappa shape index (κ2) is 11.5. The molecule has 2 heterocycles. The average molecular weight is 660 g/mol. The molecule has 4 aliphatic carbocycles. The zero-order valence-electron chi connectivity index (χ0n) is 29.2. The molecule has 1 aromatic rings. The van der Waals surface area contributed by atoms with Gasteiger partial charge in [0.05, 0.1) is 29.8 Å². The van der Waals surface area contributed by atoms with Gasteiger partial charge in [0.2, 0.25) is 11.0 Å². The molecule has 5 aliphatic rings. The van der Waals surface area contributed by atoms with E-state index in [0.717, 1.165) is 57.8 Å². The second-order valence-electron chi connectivity index (χ2n) is 17.7. The number of nitrogens with zero attached hydrogens (tertiary/aromatic N) is 2. The minimum Gasteiger partial charge on any atom is -0.462 e. The number of nitrogens with one attached hydrogen (secondary N) is 1. The first-order chi connectivity index (χ1) is 21.3. The van der Waals surface area contributed by atoms with E-state index in [-0.39, 0.29) is 76.0 Å². The lowest BCUT2D eigenvalue weighted by Crippen LogP contribution is -2.66. The summed E-state index contributed by atoms with van der Waals surface area (Å²) in [5.41, 5.74) is 0.222. The van der Waals surface area contributed by atoms with Gasteiger partial charge in [-0.1, -0.05) is 46.0 Å². The van der Waals surface area contributed by atoms with Gasteiger partial charge < -0.3 is 25.0 Å². The first-order valence-corrected chi connectivity index (χ1v) is 18.6. The Labute approximate surface area is 279 Å². The zero-order valence-corrected chi connectivity index (χ0v) is 30.0. The van der Waals surface area contributed by atoms with Crippen LogP contribution in [0.2, 0.25) is 0 Å². The maximum absolute atomic E-state index is 13.0. The van der Waals surface area contributed by atoms with Gasteiger partial charge in [0.1, 0.15) is 11.6 Å². The second-order valence-corrected chi connectivity index (χ2v) is 18.5. The summed E-state index contributed by atoms with van der Waals surface area (Å²) >= 11 is 1.24. The maximum Gasteiger partial charge on any atom is 0.306 e. The number of amides is 1. The fourth-order valence-corrected chi connectivity index (χ4v) is 12.6. The first-order valence-electron chi connectivity index (χ1n) is 17.7. The van der Waals surface area contributed by atoms with Crippen molar-refractivity contribution in [2.45, 2.75) is 156 Å². The van der Waals surface area contributed by atoms with Gasteiger partial charge in [-0.25, -0.2) is 0 Å². The third-order valence-electron chi connectivity index (χ3n) is 14.6. The Morgan fingerprint density at radius 3 is 2.37 bits per heavy atom. The molecular weight excluding hydrogens is 602 g/mol. The number of anilines is 1. The molecular formula is C36H57N3O6S. The van der Waals surface area contributed by atoms with Crippen molar-refractivity contribution in [1.29, 1.82) is 0 Å². The van der Waals surface area contributed by atoms with Crippen LogP contribution < -0.4 is 5.32 Å². The number of aliphatic hydroxyl groups is 2. The molecule has 1 saturated heterocycles. The van der Waals surface area contributed by atoms with Crippen LogP contribution >= 0.6 is 11.3 Å². The van der Waals surface area contributed by atoms with E-state index >= 15 is 0 Å². The van der Waals surface area contributed by atoms with Gasteiger partial charge in [-0.05, 0) is 118 Å². The monoisotopic (exact) mass is 659 g/mol. The van der Waals surface area contributed by atoms with Gasteiger partial charge in [0.15, 0.2) is 0 Å². The molecule has 1 unspecified atom stereocenters. The molecule has 0 radical (unpaired) electrons. The number of hydrogen-bond donors (Lipinski definition) is 3. The van der Waals surface area contributed by atoms with Crippen LogP contribution in [0.4, 0.5) is 5.13 Å². The molecule has 10 heteroatoms. The summed E-state index contributed by atoms with van der Waals surface area (Å²) in [5, 5.41) is 33.5. The van der Waals surface area contributed by atoms with Gasteiger partial charge in [-0.2, -0.15) is 0 Å². The summed E-state index contributed by atoms with van der Waals surface area (Å²) in [7, 11) is 0. The van der Waals surface area contributed by atoms with Crippen molar-refractivity contribution in [3.63, 3.8) is 0 Å². The molecule has 1 amide bonds. The number of hydrogen-bond acceptors (Lipinski definition) is 9. The van der Waals surface area contributed by atoms with Crippen LogP contribution in [0.15, 0.2) is 5.51 Å². The lowest BCUT2D eigenvalue weighted by molar-refractivity contribution is -0.251. The standard InChI is InChI=1S/C36H57N3O6S/c1-31(2)23-12-17-34(6)24(33(23,5)15-13-25(31)44-28(42)10-9-27(41)38-30-39-37-20-46-30)19-22(40)29-21(11-16-35(29,34)7)36(8)18-14-26(45-36)32(3,4)43/h20-26,29,40,43H,9-19H2,1-8H3,(H,38,39,41)/t21?,22-,23+,24-,25+,26-,29+,33+,34-,35-,36+/m1/s1. The number of ether oxygens (including phenoxy) is 2. The molecule has 4 saturated carbocycles. The van der Waals surface area contributed by atoms with Crippen molar-refractivity contribution >= 4 is 28.3 Å². The molecule has 3 N–H and O–H groups in total. The molecule has 5 fully saturated rings. The van der Waals surface area contributed by atoms with E-state index in [9.17, 15) is 19.8 Å². The third-order valence-corrected chi connectivity index (χ3v) is 15.3. The Morgan fingerprint density at radius 1 is 1.00 bits per heavy atom. The summed E-state index contributed by atoms with van der Waals surface area (Å²) in [6, 6.07) is 0. The molecule has 11 atom stereocenters. The highest BCUT2D eigenvalue weighted by atomic mass is 32.1. The zero-order chi connectivity index (χ0) is 33.5. The van der Waals surface area contributed by atoms with E-state index < -0.39 is 11.7 Å². The van der Waals surface area contributed by atoms with Crippen LogP contribution in [0.1, 0.15) is 126 Å². The fourth-order valence-electron chi connectivity index (χ4n) is 12.1. The molecule has 6 rings (SSSR count). The molecule has 1 aliphatic heterocycles. The van der Waals surface area contributed by atoms with Crippen LogP contribution in [0, 0.1) is 45.3 Å². The maximum atomic E-state index is 13.0. The first kappa shape index (κ1) is 34.3. The van der Waals surface area contributed by atoms with E-state index in [4.69, 9.17) is 9.47 Å². The minimum atomic E-state index is -0.872. The van der Waals surface area contributed by atoms with Crippen LogP contribution in [0.3, 0.4) is 0 Å². The van der Waals surface area contributed by atoms with Gasteiger partial charge in [-0.3, -0.25) is 9.59 Å². The highest BCUT2D eigenvalue weighted by Gasteiger charge is 2.72. The largest absolute Gasteiger partial charge is 0.462 e. The summed E-state index contributed by atoms with van der Waals surface area (Å²) in [5.74, 6) is 0.583. The number of carbonyl (C=O) groups is 2. The van der Waals surface area contributed by atoms with E-state index in [1.165, 1.54) is 11.3 Å². The molecule has 0 aromatic carbocycles. The topological polar surface area (TPSA) is 131 Å². The molecule has 9 nitrogen and oxygen atoms in total. The lowest BCUT2D eigenvalue weighted by Gasteiger charge is -2.70. The number of rotatable bonds is 7. The Kier molecular flexibility index (Phi) is 8.55. The molecule has 0 bridgehead atoms. The normalized spacial score (nSPS) is 45.0. The van der Waals surface area contributed by atoms with Crippen molar-refractivity contribution in [3.8, 4) is 0 Å². The van der Waals surface area contributed by atoms with E-state index in [1.807, 2.05) is 13.8 Å². The number of fused-ring (bicyclic) bond motifs is 5. The van der Waals surface area contributed by atoms with E-state index in [1.54, 1.807) is 5.51 Å². The summed E-state index contributed by atoms with van der Waals surface area (Å²) in [6.07, 6.45) is 7.97. The molecule has 1 aromatic heterocycles. The van der Waals surface area contributed by atoms with Crippen molar-refractivity contribution in [2.24, 2.45) is 45.3 Å². The highest BCUT2D eigenvalue weighted by molar-refractivity contribution is 7.13. The van der Waals surface area contributed by atoms with Gasteiger partial charge >= 0.3 is 5.97 Å². The van der Waals surface area contributed by atoms with Crippen molar-refractivity contribution in [1.82, 2.24) is 10.2 Å². The molecule has 0 spiro atoms. The predicted octanol–water partition coefficient (Wildman–Crippen LogP) is 6.53. The third kappa shape index (κ3) is 5.36. The Bertz CT molecular complexity index is 1320. The van der Waals surface area contributed by atoms with Crippen LogP contribution in [-0.2, 0) is 19.1 Å². The fraction of sp³-hybridized carbons (Fsp3) is 0.889. The molecule has 46 heavy (non-hydrogen) atoms. The van der Waals surface area contributed by atoms with Gasteiger partial charge in [-0.15, -0.1) is 10.2 Å². The number of esters is 1. The SMILES string of the molecule is CC(C)(O)[C@H]1CC[C@@](C)(C2CC[C@]3(C)[C@@H]2[C@H](O)C[C@@H]2[C@@]4(C)CC[C@H](OC(=O)CCC(=O)Nc5nncs5)C(C)(C)[C@@H]4CC[C@]23C)O1. The van der Waals surface area contributed by atoms with Gasteiger partial charge in [0, 0.05) is 11.8 Å². The predicted molar refractivity (Wildman–Crippen MR) is 177 cm³/mol. The number of carbonyl (C=O) groups excluding carboxylic acids is 2. The van der Waals surface area contributed by atoms with Gasteiger partial charge in [0.25, 0.3) is 0 Å².